The lowest BCUT2D eigenvalue weighted by atomic mass is 10.1. The number of nitrogens with one attached hydrogen (secondary N) is 1. The molecule has 0 radical (unpaired) electrons. The molecule has 0 aromatic carbocycles. The minimum atomic E-state index is 0.0107. The van der Waals surface area contributed by atoms with Gasteiger partial charge in [-0.2, -0.15) is 0 Å². The lowest BCUT2D eigenvalue weighted by molar-refractivity contribution is -0.122. The molecule has 1 saturated heterocycles. The van der Waals surface area contributed by atoms with Gasteiger partial charge in [-0.25, -0.2) is 4.98 Å². The van der Waals surface area contributed by atoms with Gasteiger partial charge in [0.15, 0.2) is 0 Å². The van der Waals surface area contributed by atoms with E-state index >= 15 is 0 Å². The van der Waals surface area contributed by atoms with E-state index in [2.05, 4.69) is 25.1 Å². The molecule has 2 aromatic heterocycles. The van der Waals surface area contributed by atoms with Gasteiger partial charge >= 0.3 is 0 Å². The third-order valence-electron chi connectivity index (χ3n) is 4.58. The van der Waals surface area contributed by atoms with Crippen LogP contribution in [0.4, 0.5) is 5.82 Å². The average molecular weight is 339 g/mol. The van der Waals surface area contributed by atoms with Crippen molar-refractivity contribution in [1.29, 1.82) is 0 Å². The van der Waals surface area contributed by atoms with Crippen molar-refractivity contribution in [3.05, 3.63) is 54.5 Å². The molecule has 132 valence electrons. The Morgan fingerprint density at radius 2 is 1.88 bits per heavy atom. The van der Waals surface area contributed by atoms with E-state index in [0.29, 0.717) is 6.42 Å². The van der Waals surface area contributed by atoms with Crippen molar-refractivity contribution in [3.8, 4) is 0 Å². The number of aromatic nitrogens is 2. The van der Waals surface area contributed by atoms with Gasteiger partial charge in [0.05, 0.1) is 6.04 Å². The first-order valence-electron chi connectivity index (χ1n) is 8.80. The molecule has 1 amide bonds. The monoisotopic (exact) mass is 339 g/mol. The number of carbonyl (C=O) groups is 1. The van der Waals surface area contributed by atoms with Gasteiger partial charge in [-0.3, -0.25) is 14.7 Å². The highest BCUT2D eigenvalue weighted by atomic mass is 16.1. The largest absolute Gasteiger partial charge is 0.354 e. The summed E-state index contributed by atoms with van der Waals surface area (Å²) in [5, 5.41) is 3.06. The number of rotatable bonds is 6. The van der Waals surface area contributed by atoms with Gasteiger partial charge in [0.2, 0.25) is 5.91 Å². The Kier molecular flexibility index (Phi) is 5.95. The molecule has 25 heavy (non-hydrogen) atoms. The highest BCUT2D eigenvalue weighted by Gasteiger charge is 2.18. The van der Waals surface area contributed by atoms with Crippen LogP contribution in [-0.2, 0) is 4.79 Å². The molecule has 6 nitrogen and oxygen atoms in total. The molecule has 1 unspecified atom stereocenters. The van der Waals surface area contributed by atoms with Crippen LogP contribution in [0.15, 0.2) is 48.9 Å². The smallest absolute Gasteiger partial charge is 0.221 e. The van der Waals surface area contributed by atoms with Crippen molar-refractivity contribution in [2.24, 2.45) is 0 Å². The topological polar surface area (TPSA) is 61.4 Å². The number of pyridine rings is 2. The quantitative estimate of drug-likeness (QED) is 0.870. The number of hydrogen-bond donors (Lipinski definition) is 1. The highest BCUT2D eigenvalue weighted by Crippen LogP contribution is 2.13. The Morgan fingerprint density at radius 1 is 1.12 bits per heavy atom. The van der Waals surface area contributed by atoms with Crippen molar-refractivity contribution in [2.45, 2.75) is 19.4 Å². The SMILES string of the molecule is CC(NC(=O)CCN1CCN(c2ccccn2)CC1)c1ccncc1. The van der Waals surface area contributed by atoms with Crippen LogP contribution in [0.25, 0.3) is 0 Å². The first-order valence-corrected chi connectivity index (χ1v) is 8.80. The second kappa shape index (κ2) is 8.58. The van der Waals surface area contributed by atoms with Gasteiger partial charge in [0.1, 0.15) is 5.82 Å². The zero-order valence-corrected chi connectivity index (χ0v) is 14.6. The van der Waals surface area contributed by atoms with E-state index in [-0.39, 0.29) is 11.9 Å². The van der Waals surface area contributed by atoms with E-state index in [1.165, 1.54) is 0 Å². The molecule has 0 spiro atoms. The van der Waals surface area contributed by atoms with Crippen LogP contribution in [0, 0.1) is 0 Å². The van der Waals surface area contributed by atoms with Crippen LogP contribution in [0.5, 0.6) is 0 Å². The summed E-state index contributed by atoms with van der Waals surface area (Å²) in [6, 6.07) is 9.87. The first kappa shape index (κ1) is 17.4. The summed E-state index contributed by atoms with van der Waals surface area (Å²) >= 11 is 0. The number of anilines is 1. The van der Waals surface area contributed by atoms with Crippen LogP contribution < -0.4 is 10.2 Å². The maximum atomic E-state index is 12.2. The molecule has 1 N–H and O–H groups in total. The Morgan fingerprint density at radius 3 is 2.56 bits per heavy atom. The number of piperazine rings is 1. The summed E-state index contributed by atoms with van der Waals surface area (Å²) in [7, 11) is 0. The highest BCUT2D eigenvalue weighted by molar-refractivity contribution is 5.76. The zero-order valence-electron chi connectivity index (χ0n) is 14.6. The van der Waals surface area contributed by atoms with Crippen LogP contribution in [0.2, 0.25) is 0 Å². The number of amides is 1. The van der Waals surface area contributed by atoms with Crippen molar-refractivity contribution in [2.75, 3.05) is 37.6 Å². The Balaban J connectivity index is 1.39. The molecule has 0 bridgehead atoms. The summed E-state index contributed by atoms with van der Waals surface area (Å²) < 4.78 is 0. The van der Waals surface area contributed by atoms with Crippen LogP contribution >= 0.6 is 0 Å². The molecule has 1 fully saturated rings. The fourth-order valence-corrected chi connectivity index (χ4v) is 3.05. The second-order valence-corrected chi connectivity index (χ2v) is 6.34. The predicted molar refractivity (Wildman–Crippen MR) is 98.3 cm³/mol. The summed E-state index contributed by atoms with van der Waals surface area (Å²) in [4.78, 5) is 25.2. The van der Waals surface area contributed by atoms with Crippen molar-refractivity contribution < 1.29 is 4.79 Å². The molecule has 0 aliphatic carbocycles. The van der Waals surface area contributed by atoms with E-state index < -0.39 is 0 Å². The van der Waals surface area contributed by atoms with Crippen molar-refractivity contribution in [1.82, 2.24) is 20.2 Å². The molecule has 2 aromatic rings. The normalized spacial score (nSPS) is 16.4. The lowest BCUT2D eigenvalue weighted by Gasteiger charge is -2.35. The molecule has 1 aliphatic heterocycles. The maximum absolute atomic E-state index is 12.2. The number of hydrogen-bond acceptors (Lipinski definition) is 5. The average Bonchev–Trinajstić information content (AvgIpc) is 2.68. The fourth-order valence-electron chi connectivity index (χ4n) is 3.05. The van der Waals surface area contributed by atoms with Gasteiger partial charge in [-0.15, -0.1) is 0 Å². The van der Waals surface area contributed by atoms with E-state index in [1.807, 2.05) is 43.5 Å². The minimum Gasteiger partial charge on any atom is -0.354 e. The molecule has 6 heteroatoms. The molecule has 1 atom stereocenters. The standard InChI is InChI=1S/C19H25N5O/c1-16(17-5-9-20-10-6-17)22-19(25)7-11-23-12-14-24(15-13-23)18-4-2-3-8-21-18/h2-6,8-10,16H,7,11-15H2,1H3,(H,22,25). The molecule has 3 rings (SSSR count). The van der Waals surface area contributed by atoms with Crippen LogP contribution in [0.3, 0.4) is 0 Å². The van der Waals surface area contributed by atoms with E-state index in [9.17, 15) is 4.79 Å². The predicted octanol–water partition coefficient (Wildman–Crippen LogP) is 1.87. The Labute approximate surface area is 148 Å². The molecule has 0 saturated carbocycles. The summed E-state index contributed by atoms with van der Waals surface area (Å²) in [5.74, 6) is 1.13. The molecular formula is C19H25N5O. The fraction of sp³-hybridized carbons (Fsp3) is 0.421. The third kappa shape index (κ3) is 5.00. The minimum absolute atomic E-state index is 0.0107. The number of nitrogens with zero attached hydrogens (tertiary/aromatic N) is 4. The van der Waals surface area contributed by atoms with Gasteiger partial charge in [0, 0.05) is 57.7 Å². The van der Waals surface area contributed by atoms with E-state index in [0.717, 1.165) is 44.1 Å². The zero-order chi connectivity index (χ0) is 17.5. The maximum Gasteiger partial charge on any atom is 0.221 e. The van der Waals surface area contributed by atoms with Gasteiger partial charge in [-0.1, -0.05) is 6.07 Å². The molecule has 3 heterocycles. The van der Waals surface area contributed by atoms with E-state index in [1.54, 1.807) is 12.4 Å². The van der Waals surface area contributed by atoms with Crippen molar-refractivity contribution in [3.63, 3.8) is 0 Å². The number of carbonyl (C=O) groups excluding carboxylic acids is 1. The Bertz CT molecular complexity index is 656. The lowest BCUT2D eigenvalue weighted by Crippen LogP contribution is -2.47. The molecular weight excluding hydrogens is 314 g/mol. The van der Waals surface area contributed by atoms with Crippen LogP contribution in [-0.4, -0.2) is 53.5 Å². The summed E-state index contributed by atoms with van der Waals surface area (Å²) in [5.41, 5.74) is 1.08. The summed E-state index contributed by atoms with van der Waals surface area (Å²) in [6.45, 7) is 6.62. The van der Waals surface area contributed by atoms with Gasteiger partial charge in [-0.05, 0) is 36.8 Å². The van der Waals surface area contributed by atoms with Gasteiger partial charge in [0.25, 0.3) is 0 Å². The molecule has 1 aliphatic rings. The summed E-state index contributed by atoms with van der Waals surface area (Å²) in [6.07, 6.45) is 5.85. The first-order chi connectivity index (χ1) is 12.2. The second-order valence-electron chi connectivity index (χ2n) is 6.34. The van der Waals surface area contributed by atoms with Crippen molar-refractivity contribution >= 4 is 11.7 Å². The van der Waals surface area contributed by atoms with Crippen LogP contribution in [0.1, 0.15) is 24.9 Å². The Hall–Kier alpha value is -2.47. The van der Waals surface area contributed by atoms with E-state index in [4.69, 9.17) is 0 Å². The van der Waals surface area contributed by atoms with Gasteiger partial charge < -0.3 is 10.2 Å². The third-order valence-corrected chi connectivity index (χ3v) is 4.58.